The fraction of sp³-hybridized carbons (Fsp3) is 0.455. The fourth-order valence-electron chi connectivity index (χ4n) is 1.46. The van der Waals surface area contributed by atoms with Gasteiger partial charge in [0.2, 0.25) is 5.95 Å². The van der Waals surface area contributed by atoms with Crippen LogP contribution in [0.1, 0.15) is 5.56 Å². The van der Waals surface area contributed by atoms with E-state index in [2.05, 4.69) is 15.4 Å². The minimum Gasteiger partial charge on any atom is -0.394 e. The maximum absolute atomic E-state index is 8.53. The van der Waals surface area contributed by atoms with E-state index in [1.54, 1.807) is 4.52 Å². The topological polar surface area (TPSA) is 71.7 Å². The summed E-state index contributed by atoms with van der Waals surface area (Å²) in [6.07, 6.45) is 1.93. The van der Waals surface area contributed by atoms with Gasteiger partial charge in [0, 0.05) is 12.7 Å². The largest absolute Gasteiger partial charge is 0.394 e. The van der Waals surface area contributed by atoms with Crippen molar-refractivity contribution in [2.45, 2.75) is 6.92 Å². The third-order valence-corrected chi connectivity index (χ3v) is 2.24. The molecule has 0 radical (unpaired) electrons. The highest BCUT2D eigenvalue weighted by molar-refractivity contribution is 5.43. The van der Waals surface area contributed by atoms with E-state index in [-0.39, 0.29) is 6.61 Å². The lowest BCUT2D eigenvalue weighted by molar-refractivity contribution is 0.0991. The summed E-state index contributed by atoms with van der Waals surface area (Å²) in [6.45, 7) is 3.56. The molecule has 0 fully saturated rings. The van der Waals surface area contributed by atoms with Crippen molar-refractivity contribution in [3.63, 3.8) is 0 Å². The summed E-state index contributed by atoms with van der Waals surface area (Å²) in [5.41, 5.74) is 1.95. The van der Waals surface area contributed by atoms with E-state index in [4.69, 9.17) is 9.84 Å². The van der Waals surface area contributed by atoms with Crippen LogP contribution in [0, 0.1) is 6.92 Å². The number of rotatable bonds is 6. The van der Waals surface area contributed by atoms with Gasteiger partial charge in [-0.2, -0.15) is 4.98 Å². The number of aliphatic hydroxyl groups is 1. The first-order valence-electron chi connectivity index (χ1n) is 5.55. The van der Waals surface area contributed by atoms with Crippen LogP contribution in [-0.2, 0) is 4.74 Å². The molecule has 92 valence electrons. The summed E-state index contributed by atoms with van der Waals surface area (Å²) < 4.78 is 6.87. The van der Waals surface area contributed by atoms with Crippen molar-refractivity contribution in [3.05, 3.63) is 23.9 Å². The number of aryl methyl sites for hydroxylation is 1. The number of aromatic nitrogens is 3. The molecule has 6 nitrogen and oxygen atoms in total. The molecule has 0 amide bonds. The molecule has 2 aromatic heterocycles. The zero-order valence-electron chi connectivity index (χ0n) is 9.76. The molecule has 2 N–H and O–H groups in total. The Labute approximate surface area is 99.2 Å². The molecule has 2 heterocycles. The van der Waals surface area contributed by atoms with Gasteiger partial charge < -0.3 is 15.2 Å². The molecule has 17 heavy (non-hydrogen) atoms. The first-order valence-corrected chi connectivity index (χ1v) is 5.55. The van der Waals surface area contributed by atoms with E-state index in [1.165, 1.54) is 0 Å². The number of fused-ring (bicyclic) bond motifs is 1. The first kappa shape index (κ1) is 11.8. The third-order valence-electron chi connectivity index (χ3n) is 2.24. The lowest BCUT2D eigenvalue weighted by Gasteiger charge is -2.01. The number of anilines is 1. The van der Waals surface area contributed by atoms with Crippen LogP contribution < -0.4 is 5.32 Å². The zero-order chi connectivity index (χ0) is 12.1. The Balaban J connectivity index is 1.91. The Morgan fingerprint density at radius 2 is 2.29 bits per heavy atom. The van der Waals surface area contributed by atoms with Crippen molar-refractivity contribution in [2.24, 2.45) is 0 Å². The van der Waals surface area contributed by atoms with Crippen LogP contribution in [-0.4, -0.2) is 46.1 Å². The van der Waals surface area contributed by atoms with E-state index >= 15 is 0 Å². The molecule has 0 spiro atoms. The summed E-state index contributed by atoms with van der Waals surface area (Å²) in [4.78, 5) is 4.31. The van der Waals surface area contributed by atoms with Gasteiger partial charge in [-0.1, -0.05) is 6.07 Å². The second-order valence-electron chi connectivity index (χ2n) is 3.71. The molecule has 0 saturated carbocycles. The number of nitrogens with zero attached hydrogens (tertiary/aromatic N) is 3. The van der Waals surface area contributed by atoms with Crippen molar-refractivity contribution in [1.82, 2.24) is 14.6 Å². The molecule has 0 aromatic carbocycles. The highest BCUT2D eigenvalue weighted by Gasteiger charge is 2.01. The number of pyridine rings is 1. The van der Waals surface area contributed by atoms with Crippen molar-refractivity contribution in [3.8, 4) is 0 Å². The monoisotopic (exact) mass is 236 g/mol. The number of hydrogen-bond acceptors (Lipinski definition) is 5. The third kappa shape index (κ3) is 3.15. The number of aliphatic hydroxyl groups excluding tert-OH is 1. The highest BCUT2D eigenvalue weighted by atomic mass is 16.5. The second kappa shape index (κ2) is 5.60. The minimum absolute atomic E-state index is 0.0475. The Kier molecular flexibility index (Phi) is 3.89. The molecule has 6 heteroatoms. The normalized spacial score (nSPS) is 10.9. The molecule has 0 aliphatic carbocycles. The molecule has 0 atom stereocenters. The highest BCUT2D eigenvalue weighted by Crippen LogP contribution is 2.06. The molecule has 0 bridgehead atoms. The van der Waals surface area contributed by atoms with E-state index in [0.717, 1.165) is 11.2 Å². The predicted octanol–water partition coefficient (Wildman–Crippen LogP) is 0.459. The van der Waals surface area contributed by atoms with E-state index < -0.39 is 0 Å². The summed E-state index contributed by atoms with van der Waals surface area (Å²) in [7, 11) is 0. The summed E-state index contributed by atoms with van der Waals surface area (Å²) in [6, 6.07) is 3.92. The molecule has 2 aromatic rings. The maximum Gasteiger partial charge on any atom is 0.243 e. The van der Waals surface area contributed by atoms with Gasteiger partial charge >= 0.3 is 0 Å². The number of nitrogens with one attached hydrogen (secondary N) is 1. The van der Waals surface area contributed by atoms with Crippen molar-refractivity contribution < 1.29 is 9.84 Å². The zero-order valence-corrected chi connectivity index (χ0v) is 9.76. The predicted molar refractivity (Wildman–Crippen MR) is 64.1 cm³/mol. The van der Waals surface area contributed by atoms with Crippen LogP contribution in [0.25, 0.3) is 5.65 Å². The summed E-state index contributed by atoms with van der Waals surface area (Å²) >= 11 is 0. The molecule has 0 aliphatic heterocycles. The lowest BCUT2D eigenvalue weighted by Crippen LogP contribution is -2.12. The van der Waals surface area contributed by atoms with Gasteiger partial charge in [-0.3, -0.25) is 0 Å². The minimum atomic E-state index is 0.0475. The summed E-state index contributed by atoms with van der Waals surface area (Å²) in [5.74, 6) is 0.586. The smallest absolute Gasteiger partial charge is 0.243 e. The van der Waals surface area contributed by atoms with Gasteiger partial charge in [0.05, 0.1) is 19.8 Å². The van der Waals surface area contributed by atoms with Gasteiger partial charge in [0.25, 0.3) is 0 Å². The van der Waals surface area contributed by atoms with E-state index in [0.29, 0.717) is 25.7 Å². The molecular formula is C11H16N4O2. The molecule has 2 rings (SSSR count). The lowest BCUT2D eigenvalue weighted by atomic mass is 10.3. The van der Waals surface area contributed by atoms with Crippen molar-refractivity contribution in [1.29, 1.82) is 0 Å². The van der Waals surface area contributed by atoms with Crippen molar-refractivity contribution in [2.75, 3.05) is 31.7 Å². The van der Waals surface area contributed by atoms with Crippen LogP contribution in [0.15, 0.2) is 18.3 Å². The quantitative estimate of drug-likeness (QED) is 0.713. The van der Waals surface area contributed by atoms with Crippen LogP contribution >= 0.6 is 0 Å². The average molecular weight is 236 g/mol. The van der Waals surface area contributed by atoms with Crippen molar-refractivity contribution >= 4 is 11.6 Å². The van der Waals surface area contributed by atoms with Crippen LogP contribution in [0.3, 0.4) is 0 Å². The van der Waals surface area contributed by atoms with Crippen LogP contribution in [0.2, 0.25) is 0 Å². The van der Waals surface area contributed by atoms with Crippen LogP contribution in [0.4, 0.5) is 5.95 Å². The Morgan fingerprint density at radius 1 is 1.41 bits per heavy atom. The van der Waals surface area contributed by atoms with E-state index in [1.807, 2.05) is 25.3 Å². The standard InChI is InChI=1S/C11H16N4O2/c1-9-2-3-10-13-11(14-15(10)8-9)12-4-6-17-7-5-16/h2-3,8,16H,4-7H2,1H3,(H,12,14). The average Bonchev–Trinajstić information content (AvgIpc) is 2.70. The fourth-order valence-corrected chi connectivity index (χ4v) is 1.46. The first-order chi connectivity index (χ1) is 8.29. The summed E-state index contributed by atoms with van der Waals surface area (Å²) in [5, 5.41) is 15.9. The van der Waals surface area contributed by atoms with Gasteiger partial charge in [0.1, 0.15) is 0 Å². The van der Waals surface area contributed by atoms with Gasteiger partial charge in [-0.25, -0.2) is 4.52 Å². The van der Waals surface area contributed by atoms with E-state index in [9.17, 15) is 0 Å². The van der Waals surface area contributed by atoms with Gasteiger partial charge in [-0.05, 0) is 18.6 Å². The Hall–Kier alpha value is -1.66. The van der Waals surface area contributed by atoms with Gasteiger partial charge in [-0.15, -0.1) is 5.10 Å². The molecule has 0 unspecified atom stereocenters. The van der Waals surface area contributed by atoms with Gasteiger partial charge in [0.15, 0.2) is 5.65 Å². The molecular weight excluding hydrogens is 220 g/mol. The molecule has 0 saturated heterocycles. The number of ether oxygens (including phenoxy) is 1. The Bertz CT molecular complexity index is 483. The SMILES string of the molecule is Cc1ccc2nc(NCCOCCO)nn2c1. The number of hydrogen-bond donors (Lipinski definition) is 2. The van der Waals surface area contributed by atoms with Crippen LogP contribution in [0.5, 0.6) is 0 Å². The Morgan fingerprint density at radius 3 is 3.12 bits per heavy atom. The maximum atomic E-state index is 8.53. The second-order valence-corrected chi connectivity index (χ2v) is 3.71. The molecule has 0 aliphatic rings.